The van der Waals surface area contributed by atoms with E-state index in [1.54, 1.807) is 7.11 Å². The highest BCUT2D eigenvalue weighted by Gasteiger charge is 2.18. The molecule has 0 aliphatic carbocycles. The molecule has 19 heavy (non-hydrogen) atoms. The molecule has 108 valence electrons. The smallest absolute Gasteiger partial charge is 0.119 e. The van der Waals surface area contributed by atoms with Crippen LogP contribution in [-0.4, -0.2) is 26.8 Å². The minimum absolute atomic E-state index is 0.351. The molecule has 1 aromatic rings. The molecule has 0 saturated heterocycles. The van der Waals surface area contributed by atoms with E-state index in [0.717, 1.165) is 24.6 Å². The van der Waals surface area contributed by atoms with Crippen molar-refractivity contribution in [3.8, 4) is 11.5 Å². The van der Waals surface area contributed by atoms with Crippen molar-refractivity contribution in [3.05, 3.63) is 24.3 Å². The van der Waals surface area contributed by atoms with Crippen molar-refractivity contribution in [1.29, 1.82) is 0 Å². The second-order valence-corrected chi connectivity index (χ2v) is 6.00. The van der Waals surface area contributed by atoms with Gasteiger partial charge in [-0.1, -0.05) is 27.7 Å². The molecule has 0 fully saturated rings. The van der Waals surface area contributed by atoms with Crippen LogP contribution in [0.15, 0.2) is 24.3 Å². The predicted octanol–water partition coefficient (Wildman–Crippen LogP) is 3.35. The summed E-state index contributed by atoms with van der Waals surface area (Å²) in [4.78, 5) is 0. The van der Waals surface area contributed by atoms with Crippen LogP contribution in [0.3, 0.4) is 0 Å². The van der Waals surface area contributed by atoms with Gasteiger partial charge in [0.2, 0.25) is 0 Å². The Morgan fingerprint density at radius 3 is 2.21 bits per heavy atom. The Morgan fingerprint density at radius 1 is 1.11 bits per heavy atom. The van der Waals surface area contributed by atoms with Crippen molar-refractivity contribution in [2.24, 2.45) is 11.3 Å². The molecule has 1 unspecified atom stereocenters. The van der Waals surface area contributed by atoms with Crippen molar-refractivity contribution in [2.75, 3.05) is 26.8 Å². The summed E-state index contributed by atoms with van der Waals surface area (Å²) in [6, 6.07) is 7.67. The van der Waals surface area contributed by atoms with E-state index in [-0.39, 0.29) is 0 Å². The molecule has 3 nitrogen and oxygen atoms in total. The van der Waals surface area contributed by atoms with Crippen LogP contribution < -0.4 is 14.8 Å². The van der Waals surface area contributed by atoms with Gasteiger partial charge in [0, 0.05) is 6.54 Å². The summed E-state index contributed by atoms with van der Waals surface area (Å²) in [5.41, 5.74) is 0.351. The van der Waals surface area contributed by atoms with Crippen LogP contribution in [0.1, 0.15) is 27.7 Å². The maximum Gasteiger partial charge on any atom is 0.119 e. The van der Waals surface area contributed by atoms with E-state index in [4.69, 9.17) is 9.47 Å². The van der Waals surface area contributed by atoms with E-state index >= 15 is 0 Å². The Morgan fingerprint density at radius 2 is 1.68 bits per heavy atom. The Labute approximate surface area is 117 Å². The fourth-order valence-corrected chi connectivity index (χ4v) is 1.54. The summed E-state index contributed by atoms with van der Waals surface area (Å²) in [5, 5.41) is 3.43. The van der Waals surface area contributed by atoms with Crippen molar-refractivity contribution in [2.45, 2.75) is 27.7 Å². The summed E-state index contributed by atoms with van der Waals surface area (Å²) in [7, 11) is 1.66. The molecule has 0 aromatic heterocycles. The zero-order chi connectivity index (χ0) is 14.3. The second-order valence-electron chi connectivity index (χ2n) is 6.00. The summed E-state index contributed by atoms with van der Waals surface area (Å²) >= 11 is 0. The van der Waals surface area contributed by atoms with Gasteiger partial charge in [0.25, 0.3) is 0 Å². The van der Waals surface area contributed by atoms with Crippen molar-refractivity contribution < 1.29 is 9.47 Å². The number of hydrogen-bond donors (Lipinski definition) is 1. The van der Waals surface area contributed by atoms with Gasteiger partial charge in [-0.2, -0.15) is 0 Å². The lowest BCUT2D eigenvalue weighted by molar-refractivity contribution is 0.243. The van der Waals surface area contributed by atoms with E-state index in [1.807, 2.05) is 24.3 Å². The zero-order valence-corrected chi connectivity index (χ0v) is 12.8. The highest BCUT2D eigenvalue weighted by atomic mass is 16.5. The number of benzene rings is 1. The largest absolute Gasteiger partial charge is 0.497 e. The van der Waals surface area contributed by atoms with E-state index in [0.29, 0.717) is 17.9 Å². The average Bonchev–Trinajstić information content (AvgIpc) is 2.37. The maximum atomic E-state index is 5.65. The topological polar surface area (TPSA) is 30.5 Å². The van der Waals surface area contributed by atoms with Gasteiger partial charge >= 0.3 is 0 Å². The number of rotatable bonds is 7. The third-order valence-corrected chi connectivity index (χ3v) is 3.54. The summed E-state index contributed by atoms with van der Waals surface area (Å²) < 4.78 is 10.8. The number of hydrogen-bond acceptors (Lipinski definition) is 3. The zero-order valence-electron chi connectivity index (χ0n) is 12.8. The van der Waals surface area contributed by atoms with Crippen LogP contribution in [0.5, 0.6) is 11.5 Å². The van der Waals surface area contributed by atoms with Gasteiger partial charge in [0.15, 0.2) is 0 Å². The summed E-state index contributed by atoms with van der Waals surface area (Å²) in [5.74, 6) is 2.38. The molecule has 0 saturated carbocycles. The fraction of sp³-hybridized carbons (Fsp3) is 0.625. The first kappa shape index (κ1) is 15.8. The Balaban J connectivity index is 2.17. The SMILES string of the molecule is COc1ccc(OCCNCC(C)C(C)(C)C)cc1. The first-order valence-corrected chi connectivity index (χ1v) is 6.91. The minimum atomic E-state index is 0.351. The van der Waals surface area contributed by atoms with Gasteiger partial charge in [0.1, 0.15) is 18.1 Å². The van der Waals surface area contributed by atoms with E-state index in [2.05, 4.69) is 33.0 Å². The van der Waals surface area contributed by atoms with Gasteiger partial charge in [-0.15, -0.1) is 0 Å². The number of nitrogens with one attached hydrogen (secondary N) is 1. The lowest BCUT2D eigenvalue weighted by Crippen LogP contribution is -2.32. The molecular formula is C16H27NO2. The molecule has 0 amide bonds. The van der Waals surface area contributed by atoms with E-state index < -0.39 is 0 Å². The molecule has 0 radical (unpaired) electrons. The predicted molar refractivity (Wildman–Crippen MR) is 80.0 cm³/mol. The van der Waals surface area contributed by atoms with Crippen LogP contribution in [-0.2, 0) is 0 Å². The number of methoxy groups -OCH3 is 1. The molecule has 0 heterocycles. The third-order valence-electron chi connectivity index (χ3n) is 3.54. The average molecular weight is 265 g/mol. The van der Waals surface area contributed by atoms with E-state index in [9.17, 15) is 0 Å². The molecule has 3 heteroatoms. The molecule has 0 spiro atoms. The maximum absolute atomic E-state index is 5.65. The van der Waals surface area contributed by atoms with Crippen LogP contribution in [0.4, 0.5) is 0 Å². The molecule has 1 aromatic carbocycles. The Kier molecular flexibility index (Phi) is 6.16. The normalized spacial score (nSPS) is 13.1. The molecule has 1 rings (SSSR count). The van der Waals surface area contributed by atoms with Gasteiger partial charge in [0.05, 0.1) is 7.11 Å². The first-order chi connectivity index (χ1) is 8.93. The fourth-order valence-electron chi connectivity index (χ4n) is 1.54. The number of ether oxygens (including phenoxy) is 2. The quantitative estimate of drug-likeness (QED) is 0.767. The monoisotopic (exact) mass is 265 g/mol. The van der Waals surface area contributed by atoms with E-state index in [1.165, 1.54) is 0 Å². The van der Waals surface area contributed by atoms with Crippen LogP contribution in [0.2, 0.25) is 0 Å². The van der Waals surface area contributed by atoms with Gasteiger partial charge in [-0.05, 0) is 42.1 Å². The second kappa shape index (κ2) is 7.39. The van der Waals surface area contributed by atoms with Gasteiger partial charge in [-0.3, -0.25) is 0 Å². The Hall–Kier alpha value is -1.22. The van der Waals surface area contributed by atoms with Crippen molar-refractivity contribution in [1.82, 2.24) is 5.32 Å². The molecule has 1 atom stereocenters. The van der Waals surface area contributed by atoms with Gasteiger partial charge in [-0.25, -0.2) is 0 Å². The third kappa shape index (κ3) is 5.97. The highest BCUT2D eigenvalue weighted by molar-refractivity contribution is 5.31. The van der Waals surface area contributed by atoms with Crippen molar-refractivity contribution >= 4 is 0 Å². The van der Waals surface area contributed by atoms with Crippen LogP contribution in [0.25, 0.3) is 0 Å². The standard InChI is InChI=1S/C16H27NO2/c1-13(16(2,3)4)12-17-10-11-19-15-8-6-14(18-5)7-9-15/h6-9,13,17H,10-12H2,1-5H3. The lowest BCUT2D eigenvalue weighted by atomic mass is 9.82. The summed E-state index contributed by atoms with van der Waals surface area (Å²) in [6.07, 6.45) is 0. The van der Waals surface area contributed by atoms with Crippen LogP contribution >= 0.6 is 0 Å². The van der Waals surface area contributed by atoms with Gasteiger partial charge < -0.3 is 14.8 Å². The first-order valence-electron chi connectivity index (χ1n) is 6.91. The van der Waals surface area contributed by atoms with Crippen molar-refractivity contribution in [3.63, 3.8) is 0 Å². The minimum Gasteiger partial charge on any atom is -0.497 e. The lowest BCUT2D eigenvalue weighted by Gasteiger charge is -2.27. The Bertz CT molecular complexity index is 354. The molecule has 0 aliphatic heterocycles. The summed E-state index contributed by atoms with van der Waals surface area (Å²) in [6.45, 7) is 11.7. The molecule has 0 aliphatic rings. The highest BCUT2D eigenvalue weighted by Crippen LogP contribution is 2.24. The molecule has 0 bridgehead atoms. The molecular weight excluding hydrogens is 238 g/mol. The van der Waals surface area contributed by atoms with Crippen LogP contribution in [0, 0.1) is 11.3 Å². The molecule has 1 N–H and O–H groups in total.